The average molecular weight is 216 g/mol. The molecule has 0 radical (unpaired) electrons. The van der Waals surface area contributed by atoms with Crippen LogP contribution in [0.3, 0.4) is 0 Å². The van der Waals surface area contributed by atoms with Gasteiger partial charge in [0.15, 0.2) is 0 Å². The Labute approximate surface area is 90.4 Å². The molecule has 0 aromatic rings. The Hall–Kier alpha value is -0.220. The third kappa shape index (κ3) is 3.88. The molecule has 1 heterocycles. The standard InChI is InChI=1S/C10H20N2OS/c1-3-4-8(2)12-10(13)9-7-14-6-5-11-9/h8-9,11H,3-7H2,1-2H3,(H,12,13). The highest BCUT2D eigenvalue weighted by Gasteiger charge is 2.21. The molecule has 1 amide bonds. The largest absolute Gasteiger partial charge is 0.352 e. The van der Waals surface area contributed by atoms with Crippen LogP contribution < -0.4 is 10.6 Å². The van der Waals surface area contributed by atoms with Gasteiger partial charge in [-0.25, -0.2) is 0 Å². The maximum Gasteiger partial charge on any atom is 0.238 e. The third-order valence-electron chi connectivity index (χ3n) is 2.35. The maximum atomic E-state index is 11.7. The summed E-state index contributed by atoms with van der Waals surface area (Å²) in [7, 11) is 0. The highest BCUT2D eigenvalue weighted by Crippen LogP contribution is 2.08. The molecule has 2 atom stereocenters. The zero-order chi connectivity index (χ0) is 10.4. The van der Waals surface area contributed by atoms with E-state index in [9.17, 15) is 4.79 Å². The third-order valence-corrected chi connectivity index (χ3v) is 3.41. The van der Waals surface area contributed by atoms with Crippen molar-refractivity contribution in [3.05, 3.63) is 0 Å². The molecule has 82 valence electrons. The fourth-order valence-electron chi connectivity index (χ4n) is 1.58. The predicted octanol–water partition coefficient (Wildman–Crippen LogP) is 0.996. The van der Waals surface area contributed by atoms with Gasteiger partial charge in [-0.2, -0.15) is 11.8 Å². The molecule has 4 heteroatoms. The Morgan fingerprint density at radius 2 is 2.50 bits per heavy atom. The number of carbonyl (C=O) groups is 1. The number of rotatable bonds is 4. The summed E-state index contributed by atoms with van der Waals surface area (Å²) in [5.41, 5.74) is 0. The molecule has 14 heavy (non-hydrogen) atoms. The molecule has 1 fully saturated rings. The van der Waals surface area contributed by atoms with E-state index in [1.807, 2.05) is 11.8 Å². The van der Waals surface area contributed by atoms with Gasteiger partial charge in [-0.3, -0.25) is 4.79 Å². The van der Waals surface area contributed by atoms with Gasteiger partial charge in [0.05, 0.1) is 6.04 Å². The summed E-state index contributed by atoms with van der Waals surface area (Å²) >= 11 is 1.85. The van der Waals surface area contributed by atoms with E-state index >= 15 is 0 Å². The highest BCUT2D eigenvalue weighted by molar-refractivity contribution is 7.99. The fourth-order valence-corrected chi connectivity index (χ4v) is 2.52. The Balaban J connectivity index is 2.25. The molecule has 0 aromatic heterocycles. The maximum absolute atomic E-state index is 11.7. The van der Waals surface area contributed by atoms with Gasteiger partial charge in [-0.1, -0.05) is 13.3 Å². The van der Waals surface area contributed by atoms with Crippen LogP contribution in [0.4, 0.5) is 0 Å². The summed E-state index contributed by atoms with van der Waals surface area (Å²) in [6, 6.07) is 0.328. The van der Waals surface area contributed by atoms with Crippen LogP contribution in [-0.2, 0) is 4.79 Å². The first-order valence-corrected chi connectivity index (χ1v) is 6.51. The van der Waals surface area contributed by atoms with Crippen molar-refractivity contribution in [3.63, 3.8) is 0 Å². The number of amides is 1. The molecule has 2 unspecified atom stereocenters. The minimum absolute atomic E-state index is 0.0213. The van der Waals surface area contributed by atoms with Gasteiger partial charge >= 0.3 is 0 Å². The molecular formula is C10H20N2OS. The van der Waals surface area contributed by atoms with E-state index in [0.29, 0.717) is 6.04 Å². The summed E-state index contributed by atoms with van der Waals surface area (Å²) in [6.45, 7) is 5.15. The van der Waals surface area contributed by atoms with Crippen LogP contribution in [0.25, 0.3) is 0 Å². The zero-order valence-electron chi connectivity index (χ0n) is 9.01. The molecule has 1 saturated heterocycles. The molecule has 1 rings (SSSR count). The van der Waals surface area contributed by atoms with Crippen LogP contribution in [0.15, 0.2) is 0 Å². The van der Waals surface area contributed by atoms with Gasteiger partial charge < -0.3 is 10.6 Å². The van der Waals surface area contributed by atoms with Gasteiger partial charge in [-0.05, 0) is 13.3 Å². The lowest BCUT2D eigenvalue weighted by Crippen LogP contribution is -2.50. The van der Waals surface area contributed by atoms with Crippen molar-refractivity contribution < 1.29 is 4.79 Å². The molecular weight excluding hydrogens is 196 g/mol. The number of carbonyl (C=O) groups excluding carboxylic acids is 1. The van der Waals surface area contributed by atoms with Crippen molar-refractivity contribution in [1.82, 2.24) is 10.6 Å². The summed E-state index contributed by atoms with van der Waals surface area (Å²) in [6.07, 6.45) is 2.18. The second-order valence-electron chi connectivity index (χ2n) is 3.78. The lowest BCUT2D eigenvalue weighted by atomic mass is 10.2. The number of hydrogen-bond donors (Lipinski definition) is 2. The number of hydrogen-bond acceptors (Lipinski definition) is 3. The Kier molecular flexibility index (Phi) is 5.33. The van der Waals surface area contributed by atoms with Crippen molar-refractivity contribution in [2.75, 3.05) is 18.1 Å². The first-order chi connectivity index (χ1) is 6.74. The molecule has 1 aliphatic heterocycles. The van der Waals surface area contributed by atoms with Crippen molar-refractivity contribution >= 4 is 17.7 Å². The van der Waals surface area contributed by atoms with Gasteiger partial charge in [0.2, 0.25) is 5.91 Å². The monoisotopic (exact) mass is 216 g/mol. The van der Waals surface area contributed by atoms with Gasteiger partial charge in [0.1, 0.15) is 0 Å². The number of thioether (sulfide) groups is 1. The van der Waals surface area contributed by atoms with Crippen molar-refractivity contribution in [2.45, 2.75) is 38.8 Å². The molecule has 0 spiro atoms. The minimum Gasteiger partial charge on any atom is -0.352 e. The van der Waals surface area contributed by atoms with Crippen LogP contribution >= 0.6 is 11.8 Å². The smallest absolute Gasteiger partial charge is 0.238 e. The Morgan fingerprint density at radius 3 is 3.07 bits per heavy atom. The first-order valence-electron chi connectivity index (χ1n) is 5.35. The topological polar surface area (TPSA) is 41.1 Å². The van der Waals surface area contributed by atoms with Gasteiger partial charge in [-0.15, -0.1) is 0 Å². The molecule has 2 N–H and O–H groups in total. The predicted molar refractivity (Wildman–Crippen MR) is 61.6 cm³/mol. The SMILES string of the molecule is CCCC(C)NC(=O)C1CSCCN1. The van der Waals surface area contributed by atoms with E-state index in [1.165, 1.54) is 0 Å². The van der Waals surface area contributed by atoms with Gasteiger partial charge in [0, 0.05) is 24.1 Å². The summed E-state index contributed by atoms with van der Waals surface area (Å²) < 4.78 is 0. The Bertz CT molecular complexity index is 181. The van der Waals surface area contributed by atoms with E-state index in [-0.39, 0.29) is 11.9 Å². The lowest BCUT2D eigenvalue weighted by Gasteiger charge is -2.24. The van der Waals surface area contributed by atoms with Crippen molar-refractivity contribution in [3.8, 4) is 0 Å². The normalized spacial score (nSPS) is 24.3. The van der Waals surface area contributed by atoms with E-state index in [1.54, 1.807) is 0 Å². The lowest BCUT2D eigenvalue weighted by molar-refractivity contribution is -0.123. The van der Waals surface area contributed by atoms with Crippen LogP contribution in [0.5, 0.6) is 0 Å². The molecule has 3 nitrogen and oxygen atoms in total. The molecule has 0 saturated carbocycles. The van der Waals surface area contributed by atoms with E-state index in [0.717, 1.165) is 30.9 Å². The molecule has 0 bridgehead atoms. The summed E-state index contributed by atoms with van der Waals surface area (Å²) in [5, 5.41) is 6.27. The van der Waals surface area contributed by atoms with Crippen LogP contribution in [0, 0.1) is 0 Å². The van der Waals surface area contributed by atoms with Crippen LogP contribution in [0.2, 0.25) is 0 Å². The number of nitrogens with one attached hydrogen (secondary N) is 2. The molecule has 0 aliphatic carbocycles. The minimum atomic E-state index is 0.0213. The second kappa shape index (κ2) is 6.30. The second-order valence-corrected chi connectivity index (χ2v) is 4.93. The van der Waals surface area contributed by atoms with Crippen LogP contribution in [0.1, 0.15) is 26.7 Å². The van der Waals surface area contributed by atoms with E-state index < -0.39 is 0 Å². The van der Waals surface area contributed by atoms with Crippen molar-refractivity contribution in [2.24, 2.45) is 0 Å². The summed E-state index contributed by atoms with van der Waals surface area (Å²) in [5.74, 6) is 2.19. The van der Waals surface area contributed by atoms with Crippen LogP contribution in [-0.4, -0.2) is 36.0 Å². The van der Waals surface area contributed by atoms with Crippen molar-refractivity contribution in [1.29, 1.82) is 0 Å². The fraction of sp³-hybridized carbons (Fsp3) is 0.900. The van der Waals surface area contributed by atoms with Gasteiger partial charge in [0.25, 0.3) is 0 Å². The zero-order valence-corrected chi connectivity index (χ0v) is 9.82. The quantitative estimate of drug-likeness (QED) is 0.736. The average Bonchev–Trinajstić information content (AvgIpc) is 2.19. The summed E-state index contributed by atoms with van der Waals surface area (Å²) in [4.78, 5) is 11.7. The molecule has 1 aliphatic rings. The Morgan fingerprint density at radius 1 is 1.71 bits per heavy atom. The van der Waals surface area contributed by atoms with E-state index in [2.05, 4.69) is 24.5 Å². The highest BCUT2D eigenvalue weighted by atomic mass is 32.2. The van der Waals surface area contributed by atoms with E-state index in [4.69, 9.17) is 0 Å². The molecule has 0 aromatic carbocycles. The first kappa shape index (κ1) is 11.9.